The van der Waals surface area contributed by atoms with E-state index in [1.807, 2.05) is 0 Å². The number of likely N-dealkylation sites (tertiary alicyclic amines) is 1. The fraction of sp³-hybridized carbons (Fsp3) is 0.613. The van der Waals surface area contributed by atoms with Gasteiger partial charge in [-0.1, -0.05) is 47.8 Å². The molecule has 1 heterocycles. The lowest BCUT2D eigenvalue weighted by molar-refractivity contribution is -0.142. The number of rotatable bonds is 11. The summed E-state index contributed by atoms with van der Waals surface area (Å²) in [7, 11) is -2.47. The largest absolute Gasteiger partial charge is 0.469 e. The van der Waals surface area contributed by atoms with E-state index in [9.17, 15) is 22.8 Å². The van der Waals surface area contributed by atoms with Gasteiger partial charge in [0.05, 0.1) is 24.0 Å². The molecule has 1 saturated carbocycles. The van der Waals surface area contributed by atoms with E-state index in [2.05, 4.69) is 50.8 Å². The van der Waals surface area contributed by atoms with Gasteiger partial charge >= 0.3 is 12.1 Å². The minimum absolute atomic E-state index is 0.0480. The lowest BCUT2D eigenvalue weighted by Gasteiger charge is -2.23. The number of nitrogens with zero attached hydrogens (tertiary/aromatic N) is 1. The molecule has 2 aliphatic rings. The molecule has 254 valence electrons. The predicted octanol–water partition coefficient (Wildman–Crippen LogP) is 4.70. The summed E-state index contributed by atoms with van der Waals surface area (Å²) in [5.41, 5.74) is 3.51. The Balaban J connectivity index is 0.000000496. The highest BCUT2D eigenvalue weighted by molar-refractivity contribution is 9.10. The van der Waals surface area contributed by atoms with Crippen LogP contribution in [0.2, 0.25) is 0 Å². The van der Waals surface area contributed by atoms with Crippen molar-refractivity contribution in [1.82, 2.24) is 10.2 Å². The van der Waals surface area contributed by atoms with Gasteiger partial charge in [0.1, 0.15) is 12.1 Å². The van der Waals surface area contributed by atoms with Gasteiger partial charge in [0, 0.05) is 17.1 Å². The minimum Gasteiger partial charge on any atom is -0.469 e. The number of methoxy groups -OCH3 is 1. The SMILES string of the molecule is CC1CC(OS(=O)(=O)c2ccc(Br)cc2)CN1C(=O)CNC(=O)OC(C)(C)C.CCCCC/C=C\C1CC1C(=O)OC.NC=O. The highest BCUT2D eigenvalue weighted by Gasteiger charge is 2.41. The number of esters is 1. The number of carbonyl (C=O) groups is 4. The van der Waals surface area contributed by atoms with Crippen LogP contribution in [0, 0.1) is 11.8 Å². The monoisotopic (exact) mass is 717 g/mol. The van der Waals surface area contributed by atoms with E-state index in [1.54, 1.807) is 39.8 Å². The molecular weight excluding hydrogens is 670 g/mol. The molecule has 0 spiro atoms. The average molecular weight is 719 g/mol. The normalized spacial score (nSPS) is 20.6. The van der Waals surface area contributed by atoms with E-state index in [4.69, 9.17) is 13.7 Å². The number of allylic oxidation sites excluding steroid dienone is 2. The van der Waals surface area contributed by atoms with Gasteiger partial charge < -0.3 is 25.4 Å². The zero-order valence-electron chi connectivity index (χ0n) is 27.0. The fourth-order valence-corrected chi connectivity index (χ4v) is 5.77. The van der Waals surface area contributed by atoms with Crippen molar-refractivity contribution in [2.24, 2.45) is 17.6 Å². The quantitative estimate of drug-likeness (QED) is 0.108. The molecule has 4 unspecified atom stereocenters. The summed E-state index contributed by atoms with van der Waals surface area (Å²) in [5.74, 6) is 0.241. The van der Waals surface area contributed by atoms with Crippen molar-refractivity contribution < 1.29 is 41.3 Å². The van der Waals surface area contributed by atoms with Gasteiger partial charge in [0.25, 0.3) is 10.1 Å². The molecular formula is C31H48BrN3O9S. The Hall–Kier alpha value is -2.97. The van der Waals surface area contributed by atoms with E-state index in [0.717, 1.165) is 17.3 Å². The van der Waals surface area contributed by atoms with Crippen molar-refractivity contribution in [3.63, 3.8) is 0 Å². The third kappa shape index (κ3) is 15.7. The first-order chi connectivity index (χ1) is 21.1. The van der Waals surface area contributed by atoms with Crippen LogP contribution >= 0.6 is 15.9 Å². The third-order valence-electron chi connectivity index (χ3n) is 6.71. The molecule has 14 heteroatoms. The summed E-state index contributed by atoms with van der Waals surface area (Å²) in [6.45, 7) is 9.09. The van der Waals surface area contributed by atoms with Crippen LogP contribution in [0.25, 0.3) is 0 Å². The lowest BCUT2D eigenvalue weighted by Crippen LogP contribution is -2.43. The Labute approximate surface area is 275 Å². The molecule has 1 aromatic carbocycles. The van der Waals surface area contributed by atoms with Crippen LogP contribution in [0.1, 0.15) is 73.1 Å². The van der Waals surface area contributed by atoms with E-state index < -0.39 is 27.9 Å². The third-order valence-corrected chi connectivity index (χ3v) is 8.61. The number of unbranched alkanes of at least 4 members (excludes halogenated alkanes) is 3. The van der Waals surface area contributed by atoms with Crippen molar-refractivity contribution >= 4 is 50.4 Å². The molecule has 1 saturated heterocycles. The van der Waals surface area contributed by atoms with Crippen molar-refractivity contribution in [2.75, 3.05) is 20.2 Å². The predicted molar refractivity (Wildman–Crippen MR) is 173 cm³/mol. The van der Waals surface area contributed by atoms with Crippen LogP contribution in [0.3, 0.4) is 0 Å². The first-order valence-corrected chi connectivity index (χ1v) is 17.1. The Morgan fingerprint density at radius 3 is 2.31 bits per heavy atom. The second-order valence-corrected chi connectivity index (χ2v) is 14.2. The zero-order chi connectivity index (χ0) is 34.2. The van der Waals surface area contributed by atoms with Crippen LogP contribution < -0.4 is 11.1 Å². The topological polar surface area (TPSA) is 171 Å². The van der Waals surface area contributed by atoms with Gasteiger partial charge in [-0.15, -0.1) is 0 Å². The van der Waals surface area contributed by atoms with E-state index in [1.165, 1.54) is 43.4 Å². The lowest BCUT2D eigenvalue weighted by atomic mass is 10.2. The standard InChI is InChI=1S/C18H25BrN2O6S.C12H20O2.CH3NO/c1-12-9-14(27-28(24,25)15-7-5-13(19)6-8-15)11-21(12)16(22)10-20-17(23)26-18(2,3)4;1-3-4-5-6-7-8-10-9-11(10)12(13)14-2;2-1-3/h5-8,12,14H,9-11H2,1-4H3,(H,20,23);7-8,10-11H,3-6,9H2,1-2H3;1H,(H2,2,3)/b;8-7-;. The molecule has 2 fully saturated rings. The van der Waals surface area contributed by atoms with Crippen LogP contribution in [-0.2, 0) is 38.2 Å². The van der Waals surface area contributed by atoms with Crippen molar-refractivity contribution in [1.29, 1.82) is 0 Å². The van der Waals surface area contributed by atoms with Crippen molar-refractivity contribution in [3.8, 4) is 0 Å². The van der Waals surface area contributed by atoms with Crippen LogP contribution in [0.4, 0.5) is 4.79 Å². The molecule has 1 aliphatic heterocycles. The van der Waals surface area contributed by atoms with Crippen LogP contribution in [-0.4, -0.2) is 75.6 Å². The number of primary amides is 1. The summed E-state index contributed by atoms with van der Waals surface area (Å²) in [6.07, 6.45) is 9.66. The highest BCUT2D eigenvalue weighted by Crippen LogP contribution is 2.40. The molecule has 1 aromatic rings. The van der Waals surface area contributed by atoms with Gasteiger partial charge in [-0.3, -0.25) is 18.6 Å². The summed E-state index contributed by atoms with van der Waals surface area (Å²) in [6, 6.07) is 5.92. The maximum Gasteiger partial charge on any atom is 0.408 e. The molecule has 0 bridgehead atoms. The highest BCUT2D eigenvalue weighted by atomic mass is 79.9. The fourth-order valence-electron chi connectivity index (χ4n) is 4.43. The summed E-state index contributed by atoms with van der Waals surface area (Å²) in [4.78, 5) is 45.3. The average Bonchev–Trinajstić information content (AvgIpc) is 3.64. The Kier molecular flexibility index (Phi) is 17.4. The molecule has 3 amide bonds. The number of benzene rings is 1. The maximum absolute atomic E-state index is 12.4. The molecule has 45 heavy (non-hydrogen) atoms. The Morgan fingerprint density at radius 2 is 1.76 bits per heavy atom. The molecule has 4 atom stereocenters. The Bertz CT molecular complexity index is 1230. The summed E-state index contributed by atoms with van der Waals surface area (Å²) in [5, 5.41) is 2.41. The zero-order valence-corrected chi connectivity index (χ0v) is 29.4. The van der Waals surface area contributed by atoms with Gasteiger partial charge in [0.15, 0.2) is 0 Å². The second-order valence-electron chi connectivity index (χ2n) is 11.7. The van der Waals surface area contributed by atoms with Crippen molar-refractivity contribution in [3.05, 3.63) is 40.9 Å². The number of nitrogens with one attached hydrogen (secondary N) is 1. The number of ether oxygens (including phenoxy) is 2. The molecule has 1 aliphatic carbocycles. The molecule has 3 rings (SSSR count). The van der Waals surface area contributed by atoms with Crippen molar-refractivity contribution in [2.45, 2.75) is 95.8 Å². The molecule has 0 radical (unpaired) electrons. The molecule has 0 aromatic heterocycles. The number of alkyl carbamates (subject to hydrolysis) is 1. The second kappa shape index (κ2) is 19.5. The first kappa shape index (κ1) is 40.1. The van der Waals surface area contributed by atoms with E-state index >= 15 is 0 Å². The summed E-state index contributed by atoms with van der Waals surface area (Å²) < 4.78 is 40.7. The van der Waals surface area contributed by atoms with Gasteiger partial charge in [-0.25, -0.2) is 4.79 Å². The van der Waals surface area contributed by atoms with Gasteiger partial charge in [-0.2, -0.15) is 8.42 Å². The number of carbonyl (C=O) groups excluding carboxylic acids is 4. The number of amides is 3. The van der Waals surface area contributed by atoms with Crippen LogP contribution in [0.15, 0.2) is 45.8 Å². The van der Waals surface area contributed by atoms with E-state index in [-0.39, 0.29) is 48.2 Å². The van der Waals surface area contributed by atoms with E-state index in [0.29, 0.717) is 12.3 Å². The smallest absolute Gasteiger partial charge is 0.408 e. The molecule has 3 N–H and O–H groups in total. The number of nitrogens with two attached hydrogens (primary N) is 1. The molecule has 12 nitrogen and oxygen atoms in total. The minimum atomic E-state index is -3.93. The van der Waals surface area contributed by atoms with Crippen LogP contribution in [0.5, 0.6) is 0 Å². The number of halogens is 1. The van der Waals surface area contributed by atoms with Gasteiger partial charge in [0.2, 0.25) is 12.3 Å². The van der Waals surface area contributed by atoms with Gasteiger partial charge in [-0.05, 0) is 83.6 Å². The summed E-state index contributed by atoms with van der Waals surface area (Å²) >= 11 is 3.25. The maximum atomic E-state index is 12.4. The number of hydrogen-bond acceptors (Lipinski definition) is 9. The number of hydrogen-bond donors (Lipinski definition) is 2. The first-order valence-electron chi connectivity index (χ1n) is 14.9. The Morgan fingerprint density at radius 1 is 1.13 bits per heavy atom.